The fourth-order valence-corrected chi connectivity index (χ4v) is 14.0. The Kier molecular flexibility index (Phi) is 9.34. The topological polar surface area (TPSA) is 198 Å². The number of aliphatic hydroxyl groups is 6. The second-order valence-electron chi connectivity index (χ2n) is 16.9. The van der Waals surface area contributed by atoms with Gasteiger partial charge in [-0.25, -0.2) is 0 Å². The SMILES string of the molecule is O=C1c2cccc3c2C(=O)C2(CSSC4CC5=CC6CCCC6(CC6(O)C(O)C(CO)OC(O3)C6O)C3=CCNC(=C53)N4)C(O)=CC(Cc3cccc(CO)c3)=CC12. The number of aliphatic hydroxyl groups excluding tert-OH is 5. The molecule has 2 aromatic carbocycles. The average Bonchev–Trinajstić information content (AvgIpc) is 3.63. The smallest absolute Gasteiger partial charge is 0.229 e. The molecule has 0 aromatic heterocycles. The molecule has 304 valence electrons. The van der Waals surface area contributed by atoms with Crippen molar-refractivity contribution >= 4 is 33.2 Å². The summed E-state index contributed by atoms with van der Waals surface area (Å²) >= 11 is 0. The Hall–Kier alpha value is -3.86. The Bertz CT molecular complexity index is 2270. The van der Waals surface area contributed by atoms with Crippen molar-refractivity contribution in [1.29, 1.82) is 0 Å². The van der Waals surface area contributed by atoms with E-state index in [0.717, 1.165) is 46.5 Å². The lowest BCUT2D eigenvalue weighted by Gasteiger charge is -2.54. The third-order valence-corrected chi connectivity index (χ3v) is 16.5. The van der Waals surface area contributed by atoms with Gasteiger partial charge in [0.05, 0.1) is 30.1 Å². The fourth-order valence-electron chi connectivity index (χ4n) is 11.1. The molecule has 12 rings (SSSR count). The lowest BCUT2D eigenvalue weighted by atomic mass is 9.57. The molecule has 10 bridgehead atoms. The van der Waals surface area contributed by atoms with Gasteiger partial charge in [-0.15, -0.1) is 0 Å². The Morgan fingerprint density at radius 1 is 1.02 bits per heavy atom. The van der Waals surface area contributed by atoms with Crippen LogP contribution in [-0.4, -0.2) is 96.7 Å². The van der Waals surface area contributed by atoms with Crippen molar-refractivity contribution in [2.45, 2.75) is 80.7 Å². The van der Waals surface area contributed by atoms with E-state index in [4.69, 9.17) is 9.47 Å². The van der Waals surface area contributed by atoms with Crippen LogP contribution in [0.2, 0.25) is 0 Å². The zero-order valence-electron chi connectivity index (χ0n) is 31.6. The largest absolute Gasteiger partial charge is 0.511 e. The first kappa shape index (κ1) is 38.3. The third-order valence-electron chi connectivity index (χ3n) is 13.8. The Labute approximate surface area is 343 Å². The number of hydrogen-bond acceptors (Lipinski definition) is 14. The molecule has 14 heteroatoms. The van der Waals surface area contributed by atoms with Gasteiger partial charge >= 0.3 is 0 Å². The normalized spacial score (nSPS) is 37.5. The summed E-state index contributed by atoms with van der Waals surface area (Å²) in [5, 5.41) is 76.1. The minimum absolute atomic E-state index is 0.0170. The van der Waals surface area contributed by atoms with E-state index in [0.29, 0.717) is 31.4 Å². The molecule has 2 aromatic rings. The highest BCUT2D eigenvalue weighted by Gasteiger charge is 2.63. The van der Waals surface area contributed by atoms with Crippen LogP contribution in [0.5, 0.6) is 5.75 Å². The summed E-state index contributed by atoms with van der Waals surface area (Å²) in [7, 11) is 2.97. The standard InChI is InChI=1S/C44H46N2O10S2/c47-18-23-5-1-4-22(12-23)13-24-14-29-36(50)27-7-2-8-30-35(27)38(52)43(29,32(49)15-24)21-57-58-33-17-25-16-26-6-3-10-42(26,28-9-11-45-40(46-33)34(25)28)20-44(54)37(51)31(19-48)56-41(55-30)39(44)53/h1-2,4-5,7-9,12,14-16,26,29,31,33,37,39,41,45-49,51,53-54H,3,6,10-11,13,17-21H2. The number of dihydropyridines is 1. The highest BCUT2D eigenvalue weighted by molar-refractivity contribution is 8.76. The quantitative estimate of drug-likeness (QED) is 0.207. The lowest BCUT2D eigenvalue weighted by molar-refractivity contribution is -0.320. The van der Waals surface area contributed by atoms with Gasteiger partial charge in [0, 0.05) is 35.3 Å². The van der Waals surface area contributed by atoms with Gasteiger partial charge < -0.3 is 50.7 Å². The van der Waals surface area contributed by atoms with Crippen LogP contribution in [0.25, 0.3) is 0 Å². The molecule has 4 aliphatic carbocycles. The number of nitrogens with one attached hydrogen (secondary N) is 2. The van der Waals surface area contributed by atoms with Crippen molar-refractivity contribution in [2.24, 2.45) is 22.7 Å². The van der Waals surface area contributed by atoms with Crippen LogP contribution in [0.15, 0.2) is 101 Å². The van der Waals surface area contributed by atoms with Crippen LogP contribution in [0, 0.1) is 22.7 Å². The lowest BCUT2D eigenvalue weighted by Crippen LogP contribution is -2.69. The molecule has 10 atom stereocenters. The fraction of sp³-hybridized carbons (Fsp3) is 0.455. The molecule has 1 saturated heterocycles. The second-order valence-corrected chi connectivity index (χ2v) is 19.5. The number of allylic oxidation sites excluding steroid dienone is 7. The van der Waals surface area contributed by atoms with Gasteiger partial charge in [0.1, 0.15) is 46.7 Å². The number of ketones is 2. The number of ether oxygens (including phenoxy) is 2. The number of Topliss-reactive ketones (excluding diaryl/α,β-unsaturated/α-hetero) is 2. The summed E-state index contributed by atoms with van der Waals surface area (Å²) < 4.78 is 12.4. The molecule has 8 N–H and O–H groups in total. The Balaban J connectivity index is 1.11. The third kappa shape index (κ3) is 5.59. The molecule has 10 unspecified atom stereocenters. The molecule has 6 aliphatic heterocycles. The van der Waals surface area contributed by atoms with Crippen LogP contribution in [0.4, 0.5) is 0 Å². The molecule has 0 radical (unpaired) electrons. The summed E-state index contributed by atoms with van der Waals surface area (Å²) in [4.78, 5) is 30.1. The van der Waals surface area contributed by atoms with Crippen LogP contribution < -0.4 is 15.4 Å². The van der Waals surface area contributed by atoms with Gasteiger partial charge in [-0.3, -0.25) is 9.59 Å². The molecule has 2 spiro atoms. The van der Waals surface area contributed by atoms with Crippen LogP contribution in [0.3, 0.4) is 0 Å². The van der Waals surface area contributed by atoms with Crippen molar-refractivity contribution in [3.05, 3.63) is 123 Å². The zero-order valence-corrected chi connectivity index (χ0v) is 33.2. The van der Waals surface area contributed by atoms with Crippen molar-refractivity contribution in [3.8, 4) is 5.75 Å². The Morgan fingerprint density at radius 2 is 1.84 bits per heavy atom. The summed E-state index contributed by atoms with van der Waals surface area (Å²) in [6.45, 7) is -0.290. The average molecular weight is 827 g/mol. The maximum Gasteiger partial charge on any atom is 0.229 e. The molecule has 1 saturated carbocycles. The number of hydrogen-bond donors (Lipinski definition) is 8. The van der Waals surface area contributed by atoms with Crippen LogP contribution in [-0.2, 0) is 17.8 Å². The summed E-state index contributed by atoms with van der Waals surface area (Å²) in [6, 6.07) is 12.0. The summed E-state index contributed by atoms with van der Waals surface area (Å²) in [6.07, 6.45) is 4.68. The van der Waals surface area contributed by atoms with E-state index in [1.807, 2.05) is 24.3 Å². The van der Waals surface area contributed by atoms with E-state index in [1.54, 1.807) is 35.1 Å². The molecule has 2 fully saturated rings. The van der Waals surface area contributed by atoms with Crippen molar-refractivity contribution in [1.82, 2.24) is 10.6 Å². The van der Waals surface area contributed by atoms with E-state index >= 15 is 4.79 Å². The zero-order chi connectivity index (χ0) is 40.1. The van der Waals surface area contributed by atoms with Gasteiger partial charge in [-0.2, -0.15) is 0 Å². The number of carbonyl (C=O) groups excluding carboxylic acids is 2. The number of carbonyl (C=O) groups is 2. The van der Waals surface area contributed by atoms with E-state index < -0.39 is 65.1 Å². The second kappa shape index (κ2) is 14.1. The molecule has 0 amide bonds. The highest BCUT2D eigenvalue weighted by atomic mass is 33.1. The van der Waals surface area contributed by atoms with Gasteiger partial charge in [-0.05, 0) is 71.6 Å². The minimum Gasteiger partial charge on any atom is -0.511 e. The minimum atomic E-state index is -2.22. The van der Waals surface area contributed by atoms with E-state index in [9.17, 15) is 35.4 Å². The number of rotatable bonds is 4. The van der Waals surface area contributed by atoms with E-state index in [2.05, 4.69) is 22.8 Å². The van der Waals surface area contributed by atoms with E-state index in [-0.39, 0.29) is 52.7 Å². The monoisotopic (exact) mass is 826 g/mol. The predicted octanol–water partition coefficient (Wildman–Crippen LogP) is 3.91. The molecule has 58 heavy (non-hydrogen) atoms. The van der Waals surface area contributed by atoms with Crippen molar-refractivity contribution in [2.75, 3.05) is 18.9 Å². The Morgan fingerprint density at radius 3 is 2.67 bits per heavy atom. The molecular formula is C44H46N2O10S2. The van der Waals surface area contributed by atoms with Crippen LogP contribution in [0.1, 0.15) is 63.9 Å². The molecule has 10 aliphatic rings. The molecule has 6 heterocycles. The first-order valence-corrected chi connectivity index (χ1v) is 22.4. The number of benzene rings is 2. The van der Waals surface area contributed by atoms with Gasteiger partial charge in [0.25, 0.3) is 0 Å². The molecular weight excluding hydrogens is 781 g/mol. The van der Waals surface area contributed by atoms with Crippen molar-refractivity contribution < 1.29 is 49.7 Å². The summed E-state index contributed by atoms with van der Waals surface area (Å²) in [5.41, 5.74) is 0.928. The van der Waals surface area contributed by atoms with Gasteiger partial charge in [-0.1, -0.05) is 82.6 Å². The first-order chi connectivity index (χ1) is 28.0. The summed E-state index contributed by atoms with van der Waals surface area (Å²) in [5.74, 6) is -1.42. The van der Waals surface area contributed by atoms with Crippen LogP contribution >= 0.6 is 21.6 Å². The van der Waals surface area contributed by atoms with E-state index in [1.165, 1.54) is 16.9 Å². The van der Waals surface area contributed by atoms with Gasteiger partial charge in [0.15, 0.2) is 11.6 Å². The van der Waals surface area contributed by atoms with Gasteiger partial charge in [0.2, 0.25) is 6.29 Å². The maximum atomic E-state index is 15.3. The first-order valence-electron chi connectivity index (χ1n) is 20.0. The molecule has 12 nitrogen and oxygen atoms in total. The van der Waals surface area contributed by atoms with Crippen molar-refractivity contribution in [3.63, 3.8) is 0 Å². The maximum absolute atomic E-state index is 15.3. The predicted molar refractivity (Wildman–Crippen MR) is 216 cm³/mol. The highest BCUT2D eigenvalue weighted by Crippen LogP contribution is 2.63.